The molecule has 0 fully saturated rings. The van der Waals surface area contributed by atoms with Crippen molar-refractivity contribution in [2.45, 2.75) is 147 Å². The second-order valence-corrected chi connectivity index (χ2v) is 9.08. The molecule has 0 spiro atoms. The smallest absolute Gasteiger partial charge is 0.335 e. The van der Waals surface area contributed by atoms with Crippen LogP contribution in [0.3, 0.4) is 0 Å². The van der Waals surface area contributed by atoms with Crippen molar-refractivity contribution in [2.75, 3.05) is 0 Å². The summed E-state index contributed by atoms with van der Waals surface area (Å²) in [7, 11) is 0. The molecule has 0 bridgehead atoms. The number of hydrogen-bond acceptors (Lipinski definition) is 6. The van der Waals surface area contributed by atoms with Gasteiger partial charge in [0, 0.05) is 6.42 Å². The third-order valence-electron chi connectivity index (χ3n) is 6.11. The predicted molar refractivity (Wildman–Crippen MR) is 125 cm³/mol. The van der Waals surface area contributed by atoms with E-state index in [-0.39, 0.29) is 6.42 Å². The molecule has 7 heteroatoms. The average molecular weight is 461 g/mol. The zero-order valence-electron chi connectivity index (χ0n) is 20.1. The fourth-order valence-corrected chi connectivity index (χ4v) is 3.88. The van der Waals surface area contributed by atoms with Crippen LogP contribution in [0.1, 0.15) is 122 Å². The Morgan fingerprint density at radius 2 is 0.844 bits per heavy atom. The first-order valence-electron chi connectivity index (χ1n) is 12.8. The van der Waals surface area contributed by atoms with E-state index in [1.807, 2.05) is 0 Å². The van der Waals surface area contributed by atoms with Gasteiger partial charge in [-0.2, -0.15) is 0 Å². The lowest BCUT2D eigenvalue weighted by Gasteiger charge is -2.23. The quantitative estimate of drug-likeness (QED) is 0.145. The van der Waals surface area contributed by atoms with Crippen LogP contribution < -0.4 is 0 Å². The number of ketones is 1. The Bertz CT molecular complexity index is 469. The van der Waals surface area contributed by atoms with Gasteiger partial charge in [-0.25, -0.2) is 4.79 Å². The first kappa shape index (κ1) is 31.0. The molecule has 0 saturated carbocycles. The normalized spacial score (nSPS) is 15.3. The topological polar surface area (TPSA) is 135 Å². The van der Waals surface area contributed by atoms with E-state index in [4.69, 9.17) is 5.11 Å². The number of unbranched alkanes of at least 4 members (excludes halogenated alkanes) is 16. The number of carbonyl (C=O) groups excluding carboxylic acids is 1. The zero-order valence-corrected chi connectivity index (χ0v) is 20.1. The van der Waals surface area contributed by atoms with Crippen molar-refractivity contribution in [2.24, 2.45) is 0 Å². The zero-order chi connectivity index (χ0) is 24.2. The molecule has 0 saturated heterocycles. The van der Waals surface area contributed by atoms with Crippen LogP contribution in [-0.2, 0) is 9.59 Å². The highest BCUT2D eigenvalue weighted by atomic mass is 16.4. The molecular formula is C25H48O7. The summed E-state index contributed by atoms with van der Waals surface area (Å²) in [5.74, 6) is -2.39. The Labute approximate surface area is 194 Å². The molecular weight excluding hydrogens is 412 g/mol. The van der Waals surface area contributed by atoms with Gasteiger partial charge in [0.1, 0.15) is 18.3 Å². The third kappa shape index (κ3) is 15.7. The van der Waals surface area contributed by atoms with E-state index < -0.39 is 36.2 Å². The van der Waals surface area contributed by atoms with Crippen LogP contribution >= 0.6 is 0 Å². The first-order chi connectivity index (χ1) is 15.3. The second kappa shape index (κ2) is 20.6. The van der Waals surface area contributed by atoms with Gasteiger partial charge in [0.15, 0.2) is 11.9 Å². The number of aliphatic hydroxyl groups is 4. The summed E-state index contributed by atoms with van der Waals surface area (Å²) in [5, 5.41) is 46.7. The molecule has 0 aliphatic rings. The molecule has 7 nitrogen and oxygen atoms in total. The maximum Gasteiger partial charge on any atom is 0.335 e. The lowest BCUT2D eigenvalue weighted by atomic mass is 9.97. The fraction of sp³-hybridized carbons (Fsp3) is 0.920. The van der Waals surface area contributed by atoms with Crippen LogP contribution in [0.4, 0.5) is 0 Å². The summed E-state index contributed by atoms with van der Waals surface area (Å²) >= 11 is 0. The molecule has 0 heterocycles. The number of rotatable bonds is 23. The molecule has 0 aliphatic carbocycles. The maximum absolute atomic E-state index is 11.9. The van der Waals surface area contributed by atoms with Gasteiger partial charge < -0.3 is 25.5 Å². The molecule has 0 amide bonds. The fourth-order valence-electron chi connectivity index (χ4n) is 3.88. The summed E-state index contributed by atoms with van der Waals surface area (Å²) in [6.45, 7) is 2.25. The standard InChI is InChI=1S/C25H48O7/c1-2-3-4-5-6-7-8-9-10-11-12-13-14-15-16-17-18-19-20(26)21(27)22(28)23(29)24(30)25(31)32/h21-24,27-30H,2-19H2,1H3,(H,31,32)/t21-,22+,23-,24-/m1/s1. The molecule has 0 aromatic rings. The maximum atomic E-state index is 11.9. The largest absolute Gasteiger partial charge is 0.479 e. The van der Waals surface area contributed by atoms with Gasteiger partial charge in [0.2, 0.25) is 0 Å². The van der Waals surface area contributed by atoms with Crippen LogP contribution in [0.2, 0.25) is 0 Å². The van der Waals surface area contributed by atoms with E-state index in [9.17, 15) is 30.0 Å². The summed E-state index contributed by atoms with van der Waals surface area (Å²) in [5.41, 5.74) is 0. The monoisotopic (exact) mass is 460 g/mol. The average Bonchev–Trinajstić information content (AvgIpc) is 2.78. The van der Waals surface area contributed by atoms with Gasteiger partial charge >= 0.3 is 5.97 Å². The van der Waals surface area contributed by atoms with Crippen molar-refractivity contribution >= 4 is 11.8 Å². The van der Waals surface area contributed by atoms with E-state index >= 15 is 0 Å². The summed E-state index contributed by atoms with van der Waals surface area (Å²) in [4.78, 5) is 22.5. The van der Waals surface area contributed by atoms with Crippen molar-refractivity contribution in [3.8, 4) is 0 Å². The van der Waals surface area contributed by atoms with E-state index in [1.54, 1.807) is 0 Å². The van der Waals surface area contributed by atoms with Crippen molar-refractivity contribution in [3.63, 3.8) is 0 Å². The van der Waals surface area contributed by atoms with Crippen LogP contribution in [0, 0.1) is 0 Å². The van der Waals surface area contributed by atoms with E-state index in [1.165, 1.54) is 83.5 Å². The summed E-state index contributed by atoms with van der Waals surface area (Å²) in [6, 6.07) is 0. The summed E-state index contributed by atoms with van der Waals surface area (Å²) < 4.78 is 0. The highest BCUT2D eigenvalue weighted by molar-refractivity contribution is 5.83. The van der Waals surface area contributed by atoms with E-state index in [2.05, 4.69) is 6.92 Å². The highest BCUT2D eigenvalue weighted by Gasteiger charge is 2.36. The highest BCUT2D eigenvalue weighted by Crippen LogP contribution is 2.15. The number of carbonyl (C=O) groups is 2. The summed E-state index contributed by atoms with van der Waals surface area (Å²) in [6.07, 6.45) is 12.6. The Morgan fingerprint density at radius 3 is 1.19 bits per heavy atom. The van der Waals surface area contributed by atoms with Crippen molar-refractivity contribution < 1.29 is 35.1 Å². The molecule has 4 atom stereocenters. The Hall–Kier alpha value is -1.02. The minimum Gasteiger partial charge on any atom is -0.479 e. The van der Waals surface area contributed by atoms with Crippen LogP contribution in [0.25, 0.3) is 0 Å². The Morgan fingerprint density at radius 1 is 0.531 bits per heavy atom. The molecule has 0 aromatic carbocycles. The van der Waals surface area contributed by atoms with Crippen LogP contribution in [0.15, 0.2) is 0 Å². The van der Waals surface area contributed by atoms with Gasteiger partial charge in [0.05, 0.1) is 0 Å². The first-order valence-corrected chi connectivity index (χ1v) is 12.8. The molecule has 0 radical (unpaired) electrons. The molecule has 0 aromatic heterocycles. The number of aliphatic hydroxyl groups excluding tert-OH is 4. The van der Waals surface area contributed by atoms with E-state index in [0.29, 0.717) is 6.42 Å². The molecule has 5 N–H and O–H groups in total. The van der Waals surface area contributed by atoms with Crippen LogP contribution in [0.5, 0.6) is 0 Å². The number of aliphatic carboxylic acids is 1. The van der Waals surface area contributed by atoms with Gasteiger partial charge in [0.25, 0.3) is 0 Å². The molecule has 190 valence electrons. The second-order valence-electron chi connectivity index (χ2n) is 9.08. The molecule has 32 heavy (non-hydrogen) atoms. The van der Waals surface area contributed by atoms with Crippen molar-refractivity contribution in [3.05, 3.63) is 0 Å². The van der Waals surface area contributed by atoms with Crippen molar-refractivity contribution in [1.29, 1.82) is 0 Å². The lowest BCUT2D eigenvalue weighted by molar-refractivity contribution is -0.165. The minimum atomic E-state index is -2.26. The molecule has 0 unspecified atom stereocenters. The van der Waals surface area contributed by atoms with Gasteiger partial charge in [-0.3, -0.25) is 4.79 Å². The lowest BCUT2D eigenvalue weighted by Crippen LogP contribution is -2.50. The third-order valence-corrected chi connectivity index (χ3v) is 6.11. The number of carboxylic acids is 1. The van der Waals surface area contributed by atoms with Gasteiger partial charge in [-0.1, -0.05) is 110 Å². The van der Waals surface area contributed by atoms with Gasteiger partial charge in [-0.15, -0.1) is 0 Å². The SMILES string of the molecule is CCCCCCCCCCCCCCCCCCCC(=O)[C@@H](O)[C@H](O)[C@@H](O)[C@@H](O)C(=O)O. The number of Topliss-reactive ketones (excluding diaryl/α,β-unsaturated/α-hetero) is 1. The predicted octanol–water partition coefficient (Wildman–Crippen LogP) is 4.13. The van der Waals surface area contributed by atoms with E-state index in [0.717, 1.165) is 19.3 Å². The van der Waals surface area contributed by atoms with Crippen molar-refractivity contribution in [1.82, 2.24) is 0 Å². The molecule has 0 rings (SSSR count). The number of hydrogen-bond donors (Lipinski definition) is 5. The molecule has 0 aliphatic heterocycles. The Balaban J connectivity index is 3.53. The van der Waals surface area contributed by atoms with Gasteiger partial charge in [-0.05, 0) is 6.42 Å². The Kier molecular flexibility index (Phi) is 19.9. The minimum absolute atomic E-state index is 0.0483. The van der Waals surface area contributed by atoms with Crippen LogP contribution in [-0.4, -0.2) is 61.7 Å². The number of carboxylic acid groups (broad SMARTS) is 1.